The van der Waals surface area contributed by atoms with Gasteiger partial charge >= 0.3 is 0 Å². The number of methoxy groups -OCH3 is 1. The summed E-state index contributed by atoms with van der Waals surface area (Å²) >= 11 is 1.77. The highest BCUT2D eigenvalue weighted by Gasteiger charge is 2.24. The molecule has 3 rings (SSSR count). The highest BCUT2D eigenvalue weighted by molar-refractivity contribution is 7.09. The Morgan fingerprint density at radius 3 is 2.80 bits per heavy atom. The largest absolute Gasteiger partial charge is 0.497 e. The van der Waals surface area contributed by atoms with Crippen LogP contribution in [0.2, 0.25) is 0 Å². The first-order valence-electron chi connectivity index (χ1n) is 7.01. The fourth-order valence-electron chi connectivity index (χ4n) is 2.81. The van der Waals surface area contributed by atoms with Gasteiger partial charge in [-0.2, -0.15) is 0 Å². The Labute approximate surface area is 124 Å². The van der Waals surface area contributed by atoms with Gasteiger partial charge in [0.1, 0.15) is 5.75 Å². The van der Waals surface area contributed by atoms with E-state index in [0.717, 1.165) is 18.8 Å². The van der Waals surface area contributed by atoms with E-state index in [1.165, 1.54) is 29.1 Å². The van der Waals surface area contributed by atoms with Crippen LogP contribution in [0.1, 0.15) is 28.5 Å². The van der Waals surface area contributed by atoms with Gasteiger partial charge in [-0.3, -0.25) is 4.90 Å². The van der Waals surface area contributed by atoms with E-state index in [2.05, 4.69) is 41.1 Å². The first-order valence-corrected chi connectivity index (χ1v) is 7.89. The number of benzene rings is 1. The number of hydrogen-bond donors (Lipinski definition) is 0. The van der Waals surface area contributed by atoms with Gasteiger partial charge in [0.05, 0.1) is 18.3 Å². The Bertz CT molecular complexity index is 564. The van der Waals surface area contributed by atoms with Gasteiger partial charge in [0.2, 0.25) is 0 Å². The van der Waals surface area contributed by atoms with Gasteiger partial charge in [0, 0.05) is 18.0 Å². The van der Waals surface area contributed by atoms with Crippen LogP contribution in [0.5, 0.6) is 5.75 Å². The zero-order valence-electron chi connectivity index (χ0n) is 12.0. The normalized spacial score (nSPS) is 19.4. The molecule has 1 aliphatic heterocycles. The van der Waals surface area contributed by atoms with E-state index in [0.29, 0.717) is 5.92 Å². The Balaban J connectivity index is 1.62. The molecule has 1 aromatic carbocycles. The summed E-state index contributed by atoms with van der Waals surface area (Å²) in [5.74, 6) is 1.58. The molecule has 0 aliphatic carbocycles. The maximum Gasteiger partial charge on any atom is 0.118 e. The summed E-state index contributed by atoms with van der Waals surface area (Å²) in [6.07, 6.45) is 1.24. The zero-order chi connectivity index (χ0) is 13.9. The van der Waals surface area contributed by atoms with Crippen molar-refractivity contribution in [2.24, 2.45) is 0 Å². The minimum absolute atomic E-state index is 0.647. The number of likely N-dealkylation sites (tertiary alicyclic amines) is 1. The minimum atomic E-state index is 0.647. The number of aryl methyl sites for hydroxylation is 1. The topological polar surface area (TPSA) is 25.4 Å². The lowest BCUT2D eigenvalue weighted by molar-refractivity contribution is 0.329. The van der Waals surface area contributed by atoms with E-state index in [9.17, 15) is 0 Å². The van der Waals surface area contributed by atoms with Crippen molar-refractivity contribution in [1.82, 2.24) is 9.88 Å². The van der Waals surface area contributed by atoms with Crippen molar-refractivity contribution >= 4 is 11.3 Å². The Morgan fingerprint density at radius 1 is 1.35 bits per heavy atom. The molecule has 0 saturated carbocycles. The summed E-state index contributed by atoms with van der Waals surface area (Å²) < 4.78 is 5.22. The van der Waals surface area contributed by atoms with Gasteiger partial charge in [-0.1, -0.05) is 12.1 Å². The molecule has 1 atom stereocenters. The quantitative estimate of drug-likeness (QED) is 0.861. The molecule has 106 valence electrons. The van der Waals surface area contributed by atoms with Crippen LogP contribution in [0.25, 0.3) is 0 Å². The molecule has 0 unspecified atom stereocenters. The Morgan fingerprint density at radius 2 is 2.15 bits per heavy atom. The van der Waals surface area contributed by atoms with Gasteiger partial charge in [-0.05, 0) is 43.5 Å². The summed E-state index contributed by atoms with van der Waals surface area (Å²) in [7, 11) is 1.71. The third kappa shape index (κ3) is 2.86. The Hall–Kier alpha value is -1.39. The first kappa shape index (κ1) is 13.6. The van der Waals surface area contributed by atoms with Crippen molar-refractivity contribution in [3.63, 3.8) is 0 Å². The van der Waals surface area contributed by atoms with E-state index in [1.807, 2.05) is 5.51 Å². The average Bonchev–Trinajstić information content (AvgIpc) is 3.10. The van der Waals surface area contributed by atoms with Crippen LogP contribution in [-0.2, 0) is 6.54 Å². The highest BCUT2D eigenvalue weighted by atomic mass is 32.1. The number of thiazole rings is 1. The van der Waals surface area contributed by atoms with Crippen LogP contribution < -0.4 is 4.74 Å². The fourth-order valence-corrected chi connectivity index (χ4v) is 3.62. The number of rotatable bonds is 4. The molecule has 0 N–H and O–H groups in total. The van der Waals surface area contributed by atoms with Crippen molar-refractivity contribution in [1.29, 1.82) is 0 Å². The second-order valence-corrected chi connectivity index (χ2v) is 6.29. The molecule has 1 fully saturated rings. The molecule has 0 radical (unpaired) electrons. The van der Waals surface area contributed by atoms with E-state index in [-0.39, 0.29) is 0 Å². The second-order valence-electron chi connectivity index (χ2n) is 5.35. The van der Waals surface area contributed by atoms with Gasteiger partial charge in [0.15, 0.2) is 0 Å². The number of aromatic nitrogens is 1. The summed E-state index contributed by atoms with van der Waals surface area (Å²) in [4.78, 5) is 8.27. The van der Waals surface area contributed by atoms with E-state index in [4.69, 9.17) is 4.74 Å². The van der Waals surface area contributed by atoms with Crippen LogP contribution in [-0.4, -0.2) is 30.1 Å². The minimum Gasteiger partial charge on any atom is -0.497 e. The molecular formula is C16H20N2OS. The van der Waals surface area contributed by atoms with Crippen molar-refractivity contribution in [2.75, 3.05) is 20.2 Å². The molecule has 4 heteroatoms. The van der Waals surface area contributed by atoms with Crippen LogP contribution in [0.15, 0.2) is 29.8 Å². The van der Waals surface area contributed by atoms with E-state index >= 15 is 0 Å². The summed E-state index contributed by atoms with van der Waals surface area (Å²) in [5.41, 5.74) is 4.55. The lowest BCUT2D eigenvalue weighted by atomic mass is 9.98. The highest BCUT2D eigenvalue weighted by Crippen LogP contribution is 2.30. The molecule has 2 heterocycles. The van der Waals surface area contributed by atoms with Crippen LogP contribution in [0.3, 0.4) is 0 Å². The summed E-state index contributed by atoms with van der Waals surface area (Å²) in [5, 5.41) is 0. The molecule has 20 heavy (non-hydrogen) atoms. The van der Waals surface area contributed by atoms with Gasteiger partial charge in [0.25, 0.3) is 0 Å². The second kappa shape index (κ2) is 5.94. The molecule has 0 amide bonds. The third-order valence-corrected chi connectivity index (χ3v) is 4.99. The molecule has 3 nitrogen and oxygen atoms in total. The molecule has 0 spiro atoms. The van der Waals surface area contributed by atoms with E-state index in [1.54, 1.807) is 18.4 Å². The van der Waals surface area contributed by atoms with E-state index < -0.39 is 0 Å². The van der Waals surface area contributed by atoms with Crippen LogP contribution in [0.4, 0.5) is 0 Å². The SMILES string of the molecule is COc1ccc([C@H]2CCN(Cc3scnc3C)C2)cc1. The number of hydrogen-bond acceptors (Lipinski definition) is 4. The smallest absolute Gasteiger partial charge is 0.118 e. The monoisotopic (exact) mass is 288 g/mol. The molecular weight excluding hydrogens is 268 g/mol. The number of nitrogens with zero attached hydrogens (tertiary/aromatic N) is 2. The molecule has 1 aromatic heterocycles. The molecule has 2 aromatic rings. The fraction of sp³-hybridized carbons (Fsp3) is 0.438. The van der Waals surface area contributed by atoms with Crippen molar-refractivity contribution in [3.05, 3.63) is 45.9 Å². The standard InChI is InChI=1S/C16H20N2OS/c1-12-16(20-11-17-12)10-18-8-7-14(9-18)13-3-5-15(19-2)6-4-13/h3-6,11,14H,7-10H2,1-2H3/t14-/m0/s1. The van der Waals surface area contributed by atoms with Gasteiger partial charge < -0.3 is 4.74 Å². The van der Waals surface area contributed by atoms with Crippen LogP contribution >= 0.6 is 11.3 Å². The van der Waals surface area contributed by atoms with Crippen molar-refractivity contribution in [3.8, 4) is 5.75 Å². The molecule has 1 saturated heterocycles. The lowest BCUT2D eigenvalue weighted by Gasteiger charge is -2.15. The van der Waals surface area contributed by atoms with Crippen LogP contribution in [0, 0.1) is 6.92 Å². The van der Waals surface area contributed by atoms with Crippen molar-refractivity contribution in [2.45, 2.75) is 25.8 Å². The lowest BCUT2D eigenvalue weighted by Crippen LogP contribution is -2.19. The Kier molecular flexibility index (Phi) is 4.03. The van der Waals surface area contributed by atoms with Gasteiger partial charge in [-0.25, -0.2) is 4.98 Å². The van der Waals surface area contributed by atoms with Crippen molar-refractivity contribution < 1.29 is 4.74 Å². The summed E-state index contributed by atoms with van der Waals surface area (Å²) in [6.45, 7) is 5.46. The number of ether oxygens (including phenoxy) is 1. The average molecular weight is 288 g/mol. The summed E-state index contributed by atoms with van der Waals surface area (Å²) in [6, 6.07) is 8.52. The first-order chi connectivity index (χ1) is 9.76. The maximum atomic E-state index is 5.22. The molecule has 0 bridgehead atoms. The van der Waals surface area contributed by atoms with Gasteiger partial charge in [-0.15, -0.1) is 11.3 Å². The zero-order valence-corrected chi connectivity index (χ0v) is 12.8. The third-order valence-electron chi connectivity index (χ3n) is 4.07. The maximum absolute atomic E-state index is 5.22. The predicted octanol–water partition coefficient (Wildman–Crippen LogP) is 3.45. The predicted molar refractivity (Wildman–Crippen MR) is 82.5 cm³/mol. The molecule has 1 aliphatic rings.